The van der Waals surface area contributed by atoms with Crippen LogP contribution in [0.15, 0.2) is 54.2 Å². The summed E-state index contributed by atoms with van der Waals surface area (Å²) in [5, 5.41) is 0.979. The van der Waals surface area contributed by atoms with Crippen molar-refractivity contribution in [3.05, 3.63) is 81.1 Å². The SMILES string of the molecule is COc1cc2c(cc1OC)C(=O)C(=Cc1ccc(-c3ccnc(Cl)c3)cc1Cl)C2. The number of nitrogens with zero attached hydrogens (tertiary/aromatic N) is 1. The Bertz CT molecular complexity index is 1150. The molecule has 0 unspecified atom stereocenters. The highest BCUT2D eigenvalue weighted by Crippen LogP contribution is 2.37. The molecular weight excluding hydrogens is 409 g/mol. The summed E-state index contributed by atoms with van der Waals surface area (Å²) in [5.74, 6) is 1.12. The van der Waals surface area contributed by atoms with Gasteiger partial charge in [0, 0.05) is 28.8 Å². The Morgan fingerprint density at radius 2 is 1.69 bits per heavy atom. The molecule has 0 atom stereocenters. The van der Waals surface area contributed by atoms with E-state index in [9.17, 15) is 4.79 Å². The summed E-state index contributed by atoms with van der Waals surface area (Å²) in [5.41, 5.74) is 4.86. The smallest absolute Gasteiger partial charge is 0.189 e. The summed E-state index contributed by atoms with van der Waals surface area (Å²) in [6.07, 6.45) is 4.01. The summed E-state index contributed by atoms with van der Waals surface area (Å²) >= 11 is 12.5. The van der Waals surface area contributed by atoms with Crippen LogP contribution in [-0.2, 0) is 6.42 Å². The molecule has 0 bridgehead atoms. The molecule has 2 aromatic carbocycles. The Morgan fingerprint density at radius 1 is 0.966 bits per heavy atom. The van der Waals surface area contributed by atoms with Crippen molar-refractivity contribution in [3.8, 4) is 22.6 Å². The average Bonchev–Trinajstić information content (AvgIpc) is 3.03. The lowest BCUT2D eigenvalue weighted by molar-refractivity contribution is 0.104. The zero-order valence-electron chi connectivity index (χ0n) is 15.8. The van der Waals surface area contributed by atoms with Crippen LogP contribution in [0.2, 0.25) is 10.2 Å². The first kappa shape index (κ1) is 19.5. The van der Waals surface area contributed by atoms with E-state index >= 15 is 0 Å². The van der Waals surface area contributed by atoms with Crippen molar-refractivity contribution < 1.29 is 14.3 Å². The van der Waals surface area contributed by atoms with Crippen LogP contribution in [0.3, 0.4) is 0 Å². The van der Waals surface area contributed by atoms with Gasteiger partial charge in [-0.2, -0.15) is 0 Å². The third kappa shape index (κ3) is 3.74. The molecule has 1 aliphatic rings. The van der Waals surface area contributed by atoms with Gasteiger partial charge in [-0.05, 0) is 58.7 Å². The van der Waals surface area contributed by atoms with E-state index in [1.165, 1.54) is 0 Å². The lowest BCUT2D eigenvalue weighted by Gasteiger charge is -2.08. The van der Waals surface area contributed by atoms with Crippen LogP contribution < -0.4 is 9.47 Å². The predicted molar refractivity (Wildman–Crippen MR) is 115 cm³/mol. The molecule has 0 saturated heterocycles. The van der Waals surface area contributed by atoms with Crippen molar-refractivity contribution in [2.75, 3.05) is 14.2 Å². The van der Waals surface area contributed by atoms with E-state index in [0.717, 1.165) is 22.3 Å². The maximum absolute atomic E-state index is 12.9. The first-order chi connectivity index (χ1) is 14.0. The normalized spacial score (nSPS) is 14.2. The van der Waals surface area contributed by atoms with Crippen LogP contribution in [0, 0.1) is 0 Å². The second-order valence-corrected chi connectivity index (χ2v) is 7.44. The van der Waals surface area contributed by atoms with Gasteiger partial charge in [0.25, 0.3) is 0 Å². The Hall–Kier alpha value is -2.82. The summed E-state index contributed by atoms with van der Waals surface area (Å²) in [6, 6.07) is 12.9. The van der Waals surface area contributed by atoms with Gasteiger partial charge in [-0.3, -0.25) is 4.79 Å². The Balaban J connectivity index is 1.67. The van der Waals surface area contributed by atoms with E-state index in [1.807, 2.05) is 36.4 Å². The fourth-order valence-corrected chi connectivity index (χ4v) is 3.86. The maximum atomic E-state index is 12.9. The number of Topliss-reactive ketones (excluding diaryl/α,β-unsaturated/α-hetero) is 1. The molecule has 0 amide bonds. The number of methoxy groups -OCH3 is 2. The molecular formula is C23H17Cl2NO3. The van der Waals surface area contributed by atoms with Crippen molar-refractivity contribution >= 4 is 35.1 Å². The third-order valence-electron chi connectivity index (χ3n) is 4.92. The Labute approximate surface area is 178 Å². The number of pyridine rings is 1. The number of ketones is 1. The largest absolute Gasteiger partial charge is 0.493 e. The fourth-order valence-electron chi connectivity index (χ4n) is 3.45. The van der Waals surface area contributed by atoms with Crippen LogP contribution >= 0.6 is 23.2 Å². The highest BCUT2D eigenvalue weighted by atomic mass is 35.5. The molecule has 4 nitrogen and oxygen atoms in total. The maximum Gasteiger partial charge on any atom is 0.189 e. The number of allylic oxidation sites excluding steroid dienone is 1. The van der Waals surface area contributed by atoms with Crippen molar-refractivity contribution in [2.45, 2.75) is 6.42 Å². The van der Waals surface area contributed by atoms with Gasteiger partial charge in [0.05, 0.1) is 14.2 Å². The Kier molecular flexibility index (Phi) is 5.31. The summed E-state index contributed by atoms with van der Waals surface area (Å²) < 4.78 is 10.7. The number of hydrogen-bond donors (Lipinski definition) is 0. The first-order valence-corrected chi connectivity index (χ1v) is 9.67. The standard InChI is InChI=1S/C23H17Cl2NO3/c1-28-20-10-16-8-17(23(27)18(16)12-21(20)29-2)7-15-4-3-13(9-19(15)24)14-5-6-26-22(25)11-14/h3-7,9-12H,8H2,1-2H3. The van der Waals surface area contributed by atoms with Gasteiger partial charge in [-0.25, -0.2) is 4.98 Å². The lowest BCUT2D eigenvalue weighted by Crippen LogP contribution is -1.97. The number of ether oxygens (including phenoxy) is 2. The number of carbonyl (C=O) groups excluding carboxylic acids is 1. The van der Waals surface area contributed by atoms with Crippen LogP contribution in [0.5, 0.6) is 11.5 Å². The Morgan fingerprint density at radius 3 is 2.38 bits per heavy atom. The van der Waals surface area contributed by atoms with Gasteiger partial charge in [0.2, 0.25) is 0 Å². The molecule has 3 aromatic rings. The molecule has 0 aliphatic heterocycles. The molecule has 4 rings (SSSR count). The number of halogens is 2. The molecule has 0 N–H and O–H groups in total. The highest BCUT2D eigenvalue weighted by molar-refractivity contribution is 6.32. The monoisotopic (exact) mass is 425 g/mol. The molecule has 1 heterocycles. The fraction of sp³-hybridized carbons (Fsp3) is 0.130. The molecule has 1 aromatic heterocycles. The molecule has 0 fully saturated rings. The van der Waals surface area contributed by atoms with Gasteiger partial charge < -0.3 is 9.47 Å². The number of fused-ring (bicyclic) bond motifs is 1. The third-order valence-corrected chi connectivity index (χ3v) is 5.45. The van der Waals surface area contributed by atoms with E-state index in [0.29, 0.717) is 39.2 Å². The molecule has 0 radical (unpaired) electrons. The highest BCUT2D eigenvalue weighted by Gasteiger charge is 2.27. The van der Waals surface area contributed by atoms with Gasteiger partial charge in [-0.1, -0.05) is 35.3 Å². The van der Waals surface area contributed by atoms with Gasteiger partial charge in [0.1, 0.15) is 5.15 Å². The van der Waals surface area contributed by atoms with Gasteiger partial charge >= 0.3 is 0 Å². The summed E-state index contributed by atoms with van der Waals surface area (Å²) in [7, 11) is 3.13. The van der Waals surface area contributed by atoms with Crippen molar-refractivity contribution in [2.24, 2.45) is 0 Å². The predicted octanol–water partition coefficient (Wildman–Crippen LogP) is 5.90. The van der Waals surface area contributed by atoms with Crippen LogP contribution in [-0.4, -0.2) is 25.0 Å². The zero-order valence-corrected chi connectivity index (χ0v) is 17.3. The van der Waals surface area contributed by atoms with E-state index < -0.39 is 0 Å². The zero-order chi connectivity index (χ0) is 20.5. The molecule has 29 heavy (non-hydrogen) atoms. The van der Waals surface area contributed by atoms with Gasteiger partial charge in [-0.15, -0.1) is 0 Å². The van der Waals surface area contributed by atoms with Crippen LogP contribution in [0.4, 0.5) is 0 Å². The second kappa shape index (κ2) is 7.90. The summed E-state index contributed by atoms with van der Waals surface area (Å²) in [4.78, 5) is 16.9. The second-order valence-electron chi connectivity index (χ2n) is 6.64. The molecule has 6 heteroatoms. The minimum absolute atomic E-state index is 0.0259. The first-order valence-electron chi connectivity index (χ1n) is 8.92. The minimum Gasteiger partial charge on any atom is -0.493 e. The van der Waals surface area contributed by atoms with Crippen molar-refractivity contribution in [1.82, 2.24) is 4.98 Å². The van der Waals surface area contributed by atoms with E-state index in [-0.39, 0.29) is 5.78 Å². The number of carbonyl (C=O) groups is 1. The molecule has 1 aliphatic carbocycles. The van der Waals surface area contributed by atoms with Crippen LogP contribution in [0.1, 0.15) is 21.5 Å². The van der Waals surface area contributed by atoms with E-state index in [4.69, 9.17) is 32.7 Å². The number of rotatable bonds is 4. The quantitative estimate of drug-likeness (QED) is 0.385. The van der Waals surface area contributed by atoms with Crippen molar-refractivity contribution in [1.29, 1.82) is 0 Å². The minimum atomic E-state index is -0.0259. The average molecular weight is 426 g/mol. The van der Waals surface area contributed by atoms with Gasteiger partial charge in [0.15, 0.2) is 17.3 Å². The number of benzene rings is 2. The number of hydrogen-bond acceptors (Lipinski definition) is 4. The topological polar surface area (TPSA) is 48.4 Å². The van der Waals surface area contributed by atoms with Crippen molar-refractivity contribution in [3.63, 3.8) is 0 Å². The number of aromatic nitrogens is 1. The van der Waals surface area contributed by atoms with E-state index in [2.05, 4.69) is 4.98 Å². The van der Waals surface area contributed by atoms with Crippen LogP contribution in [0.25, 0.3) is 17.2 Å². The molecule has 0 spiro atoms. The molecule has 146 valence electrons. The summed E-state index contributed by atoms with van der Waals surface area (Å²) in [6.45, 7) is 0. The lowest BCUT2D eigenvalue weighted by atomic mass is 10.0. The molecule has 0 saturated carbocycles. The van der Waals surface area contributed by atoms with E-state index in [1.54, 1.807) is 32.5 Å².